The van der Waals surface area contributed by atoms with Gasteiger partial charge in [0.15, 0.2) is 46.1 Å². The van der Waals surface area contributed by atoms with Crippen LogP contribution in [0.15, 0.2) is 293 Å². The fraction of sp³-hybridized carbons (Fsp3) is 0. The highest BCUT2D eigenvalue weighted by atomic mass is 32.1. The number of nitrogens with zero attached hydrogens (tertiary/aromatic N) is 8. The molecule has 0 atom stereocenters. The molecule has 0 unspecified atom stereocenters. The minimum Gasteiger partial charge on any atom is -0.455 e. The first-order chi connectivity index (χ1) is 47.5. The summed E-state index contributed by atoms with van der Waals surface area (Å²) >= 11 is 1.78. The number of para-hydroxylation sites is 1. The Bertz CT molecular complexity index is 6610. The lowest BCUT2D eigenvalue weighted by Gasteiger charge is -2.12. The predicted octanol–water partition coefficient (Wildman–Crippen LogP) is 22.2. The van der Waals surface area contributed by atoms with Crippen molar-refractivity contribution in [2.24, 2.45) is 0 Å². The van der Waals surface area contributed by atoms with Gasteiger partial charge in [-0.2, -0.15) is 0 Å². The third-order valence-electron chi connectivity index (χ3n) is 18.5. The average molecular weight is 1250 g/mol. The molecule has 0 saturated heterocycles. The van der Waals surface area contributed by atoms with Gasteiger partial charge in [-0.25, -0.2) is 29.9 Å². The number of thiophene rings is 1. The summed E-state index contributed by atoms with van der Waals surface area (Å²) in [5.41, 5.74) is 15.0. The van der Waals surface area contributed by atoms with E-state index in [1.807, 2.05) is 91.1 Å². The van der Waals surface area contributed by atoms with Crippen molar-refractivity contribution in [3.05, 3.63) is 279 Å². The molecule has 20 rings (SSSR count). The second kappa shape index (κ2) is 21.3. The Kier molecular flexibility index (Phi) is 11.9. The molecule has 0 saturated carbocycles. The Hall–Kier alpha value is -12.9. The van der Waals surface area contributed by atoms with Crippen molar-refractivity contribution in [1.82, 2.24) is 39.9 Å². The third kappa shape index (κ3) is 8.66. The normalized spacial score (nSPS) is 12.0. The zero-order chi connectivity index (χ0) is 63.0. The van der Waals surface area contributed by atoms with Crippen LogP contribution >= 0.6 is 11.3 Å². The molecule has 446 valence electrons. The smallest absolute Gasteiger partial charge is 0.164 e. The van der Waals surface area contributed by atoms with Crippen LogP contribution in [0.1, 0.15) is 0 Å². The van der Waals surface area contributed by atoms with Crippen molar-refractivity contribution < 1.29 is 13.3 Å². The van der Waals surface area contributed by atoms with Gasteiger partial charge in [0.2, 0.25) is 0 Å². The molecule has 0 radical (unpaired) electrons. The first kappa shape index (κ1) is 53.7. The maximum absolute atomic E-state index is 6.88. The number of hydrogen-bond acceptors (Lipinski definition) is 12. The van der Waals surface area contributed by atoms with Crippen LogP contribution < -0.4 is 0 Å². The van der Waals surface area contributed by atoms with Gasteiger partial charge in [-0.3, -0.25) is 9.97 Å². The molecule has 20 aromatic rings. The van der Waals surface area contributed by atoms with Gasteiger partial charge in [0.25, 0.3) is 0 Å². The molecule has 0 fully saturated rings. The van der Waals surface area contributed by atoms with Crippen LogP contribution in [0.3, 0.4) is 0 Å². The fourth-order valence-electron chi connectivity index (χ4n) is 14.0. The van der Waals surface area contributed by atoms with Gasteiger partial charge >= 0.3 is 0 Å². The van der Waals surface area contributed by atoms with Crippen molar-refractivity contribution in [2.75, 3.05) is 0 Å². The number of benzene rings is 12. The van der Waals surface area contributed by atoms with Crippen LogP contribution in [0.25, 0.3) is 209 Å². The minimum absolute atomic E-state index is 0.514. The van der Waals surface area contributed by atoms with Crippen molar-refractivity contribution in [2.45, 2.75) is 0 Å². The van der Waals surface area contributed by atoms with Crippen molar-refractivity contribution in [1.29, 1.82) is 0 Å². The number of aromatic nitrogens is 8. The molecule has 8 heterocycles. The molecule has 0 spiro atoms. The van der Waals surface area contributed by atoms with E-state index >= 15 is 0 Å². The summed E-state index contributed by atoms with van der Waals surface area (Å²) in [6.45, 7) is 0. The number of hydrogen-bond donors (Lipinski definition) is 0. The summed E-state index contributed by atoms with van der Waals surface area (Å²) < 4.78 is 22.6. The highest BCUT2D eigenvalue weighted by molar-refractivity contribution is 7.26. The SMILES string of the molecule is c1ccc(-c2nc(-c3ccc4ccccc4c3)nc(-c3cc(-c4cccc5sc6c(-c7cccc(-c8nc(-c9ccccc9)nc(-c9cccc%10oc%11c(-c%12cccc%13c%12oc%12cc%14ccccc%14cc%12%13)nccc%11c9%10)n8)c7)cccc6c45)cc4oc5cnccc5c34)n2)cc1. The topological polar surface area (TPSA) is 143 Å². The van der Waals surface area contributed by atoms with Crippen LogP contribution in [0.4, 0.5) is 0 Å². The highest BCUT2D eigenvalue weighted by Crippen LogP contribution is 2.48. The fourth-order valence-corrected chi connectivity index (χ4v) is 15.3. The Morgan fingerprint density at radius 1 is 0.271 bits per heavy atom. The lowest BCUT2D eigenvalue weighted by atomic mass is 9.94. The van der Waals surface area contributed by atoms with Gasteiger partial charge in [-0.15, -0.1) is 11.3 Å². The maximum atomic E-state index is 6.88. The molecular formula is C84H46N8O3S. The van der Waals surface area contributed by atoms with E-state index in [2.05, 4.69) is 181 Å². The van der Waals surface area contributed by atoms with E-state index in [0.29, 0.717) is 63.0 Å². The summed E-state index contributed by atoms with van der Waals surface area (Å²) in [7, 11) is 0. The van der Waals surface area contributed by atoms with Gasteiger partial charge in [0.05, 0.1) is 6.20 Å². The Balaban J connectivity index is 0.716. The molecule has 11 nitrogen and oxygen atoms in total. The molecular weight excluding hydrogens is 1200 g/mol. The van der Waals surface area contributed by atoms with E-state index in [1.54, 1.807) is 23.7 Å². The van der Waals surface area contributed by atoms with Crippen LogP contribution in [0.5, 0.6) is 0 Å². The molecule has 0 bridgehead atoms. The number of rotatable bonds is 9. The van der Waals surface area contributed by atoms with Gasteiger partial charge in [0, 0.05) is 104 Å². The maximum Gasteiger partial charge on any atom is 0.164 e. The molecule has 12 heteroatoms. The zero-order valence-electron chi connectivity index (χ0n) is 50.8. The van der Waals surface area contributed by atoms with Gasteiger partial charge in [-0.1, -0.05) is 194 Å². The predicted molar refractivity (Wildman–Crippen MR) is 387 cm³/mol. The molecule has 0 aliphatic heterocycles. The quantitative estimate of drug-likeness (QED) is 0.136. The van der Waals surface area contributed by atoms with E-state index in [-0.39, 0.29) is 0 Å². The summed E-state index contributed by atoms with van der Waals surface area (Å²) in [5.74, 6) is 3.28. The molecule has 0 N–H and O–H groups in total. The van der Waals surface area contributed by atoms with Gasteiger partial charge in [-0.05, 0) is 111 Å². The Morgan fingerprint density at radius 3 is 1.65 bits per heavy atom. The zero-order valence-corrected chi connectivity index (χ0v) is 51.6. The van der Waals surface area contributed by atoms with E-state index in [4.69, 9.17) is 48.1 Å². The van der Waals surface area contributed by atoms with Crippen molar-refractivity contribution >= 4 is 119 Å². The first-order valence-electron chi connectivity index (χ1n) is 31.7. The lowest BCUT2D eigenvalue weighted by molar-refractivity contribution is 0.663. The second-order valence-electron chi connectivity index (χ2n) is 24.1. The number of furan rings is 3. The van der Waals surface area contributed by atoms with Gasteiger partial charge in [0.1, 0.15) is 28.0 Å². The molecule has 0 amide bonds. The van der Waals surface area contributed by atoms with E-state index in [1.165, 1.54) is 0 Å². The van der Waals surface area contributed by atoms with Crippen LogP contribution in [-0.2, 0) is 0 Å². The van der Waals surface area contributed by atoms with E-state index < -0.39 is 0 Å². The summed E-state index contributed by atoms with van der Waals surface area (Å²) in [4.78, 5) is 41.2. The van der Waals surface area contributed by atoms with Crippen LogP contribution in [0, 0.1) is 0 Å². The third-order valence-corrected chi connectivity index (χ3v) is 19.7. The summed E-state index contributed by atoms with van der Waals surface area (Å²) in [6, 6.07) is 89.9. The standard InChI is InChI=1S/C84H46N8O3S/c1-3-17-48(18-4-1)79-87-81(91-83(89-79)63-30-14-32-67-73(63)61-37-39-86-75(77(61)94-67)64-31-13-28-59-65-42-51-22-9-10-23-52(51)44-68(65)95-76(59)64)54-25-11-24-53(41-54)58-27-12-29-62-74-57(26-15-33-71(74)96-78(58)62)56-43-66(72-60-36-38-85-46-70(60)93-69(72)45-56)84-90-80(49-19-5-2-6-20-49)88-82(92-84)55-35-34-47-16-7-8-21-50(47)40-55/h1-46H. The molecule has 12 aromatic carbocycles. The average Bonchev–Trinajstić information content (AvgIpc) is 1.57. The first-order valence-corrected chi connectivity index (χ1v) is 32.5. The van der Waals surface area contributed by atoms with Crippen LogP contribution in [-0.4, -0.2) is 39.9 Å². The van der Waals surface area contributed by atoms with E-state index in [9.17, 15) is 0 Å². The van der Waals surface area contributed by atoms with Crippen LogP contribution in [0.2, 0.25) is 0 Å². The van der Waals surface area contributed by atoms with Crippen molar-refractivity contribution in [3.8, 4) is 102 Å². The molecule has 0 aliphatic rings. The largest absolute Gasteiger partial charge is 0.455 e. The number of pyridine rings is 2. The monoisotopic (exact) mass is 1250 g/mol. The van der Waals surface area contributed by atoms with Crippen molar-refractivity contribution in [3.63, 3.8) is 0 Å². The summed E-state index contributed by atoms with van der Waals surface area (Å²) in [6.07, 6.45) is 5.42. The highest BCUT2D eigenvalue weighted by Gasteiger charge is 2.26. The summed E-state index contributed by atoms with van der Waals surface area (Å²) in [5, 5.41) is 12.4. The molecule has 96 heavy (non-hydrogen) atoms. The Labute approximate surface area is 550 Å². The second-order valence-corrected chi connectivity index (χ2v) is 25.2. The Morgan fingerprint density at radius 2 is 0.854 bits per heavy atom. The molecule has 0 aliphatic carbocycles. The van der Waals surface area contributed by atoms with E-state index in [0.717, 1.165) is 146 Å². The minimum atomic E-state index is 0.514. The molecule has 8 aromatic heterocycles. The number of fused-ring (bicyclic) bond motifs is 14. The van der Waals surface area contributed by atoms with Gasteiger partial charge < -0.3 is 13.3 Å². The lowest BCUT2D eigenvalue weighted by Crippen LogP contribution is -2.00.